The molecule has 3 rings (SSSR count). The summed E-state index contributed by atoms with van der Waals surface area (Å²) in [4.78, 5) is 27.9. The number of hydrogen-bond donors (Lipinski definition) is 1. The van der Waals surface area contributed by atoms with E-state index in [1.165, 1.54) is 0 Å². The number of amides is 2. The van der Waals surface area contributed by atoms with Crippen LogP contribution in [0.15, 0.2) is 60.2 Å². The van der Waals surface area contributed by atoms with E-state index in [1.54, 1.807) is 6.92 Å². The zero-order chi connectivity index (χ0) is 19.2. The van der Waals surface area contributed by atoms with E-state index in [1.807, 2.05) is 72.5 Å². The Bertz CT molecular complexity index is 820. The number of hydrogen-bond acceptors (Lipinski definition) is 3. The number of piperazine rings is 1. The summed E-state index contributed by atoms with van der Waals surface area (Å²) < 4.78 is 0. The van der Waals surface area contributed by atoms with Crippen LogP contribution in [-0.4, -0.2) is 42.9 Å². The molecule has 1 fully saturated rings. The minimum Gasteiger partial charge on any atom is -0.368 e. The molecule has 2 amide bonds. The van der Waals surface area contributed by atoms with Gasteiger partial charge in [0.2, 0.25) is 5.91 Å². The number of benzene rings is 2. The van der Waals surface area contributed by atoms with Crippen molar-refractivity contribution in [3.63, 3.8) is 0 Å². The van der Waals surface area contributed by atoms with Gasteiger partial charge in [-0.2, -0.15) is 0 Å². The van der Waals surface area contributed by atoms with E-state index in [9.17, 15) is 9.59 Å². The van der Waals surface area contributed by atoms with Crippen LogP contribution in [0.2, 0.25) is 0 Å². The number of carbonyl (C=O) groups is 2. The highest BCUT2D eigenvalue weighted by Crippen LogP contribution is 2.20. The summed E-state index contributed by atoms with van der Waals surface area (Å²) in [5.41, 5.74) is 3.54. The summed E-state index contributed by atoms with van der Waals surface area (Å²) in [7, 11) is 0. The molecule has 0 atom stereocenters. The van der Waals surface area contributed by atoms with Gasteiger partial charge in [-0.1, -0.05) is 30.3 Å². The molecule has 0 saturated carbocycles. The first kappa shape index (κ1) is 18.7. The lowest BCUT2D eigenvalue weighted by atomic mass is 10.1. The number of rotatable bonds is 4. The van der Waals surface area contributed by atoms with Gasteiger partial charge in [0.25, 0.3) is 5.91 Å². The Hall–Kier alpha value is -3.08. The highest BCUT2D eigenvalue weighted by Gasteiger charge is 2.18. The van der Waals surface area contributed by atoms with Gasteiger partial charge in [-0.05, 0) is 42.8 Å². The van der Waals surface area contributed by atoms with Crippen LogP contribution in [0.4, 0.5) is 11.4 Å². The summed E-state index contributed by atoms with van der Waals surface area (Å²) in [5, 5.41) is 2.94. The second kappa shape index (κ2) is 8.54. The van der Waals surface area contributed by atoms with Gasteiger partial charge in [-0.15, -0.1) is 0 Å². The van der Waals surface area contributed by atoms with Gasteiger partial charge in [-0.3, -0.25) is 9.59 Å². The van der Waals surface area contributed by atoms with Gasteiger partial charge in [0.05, 0.1) is 0 Å². The Morgan fingerprint density at radius 1 is 0.889 bits per heavy atom. The van der Waals surface area contributed by atoms with Crippen LogP contribution in [0, 0.1) is 0 Å². The molecule has 1 saturated heterocycles. The largest absolute Gasteiger partial charge is 0.368 e. The molecular formula is C22H25N3O2. The standard InChI is InChI=1S/C22H25N3O2/c1-17(16-19-6-4-3-5-7-19)22(27)23-20-8-10-21(11-9-20)25-14-12-24(13-15-25)18(2)26/h3-11,16H,12-15H2,1-2H3,(H,23,27)/b17-16+. The summed E-state index contributed by atoms with van der Waals surface area (Å²) >= 11 is 0. The molecule has 0 aliphatic carbocycles. The van der Waals surface area contributed by atoms with Crippen molar-refractivity contribution in [1.29, 1.82) is 0 Å². The Morgan fingerprint density at radius 3 is 2.11 bits per heavy atom. The third-order valence-electron chi connectivity index (χ3n) is 4.76. The zero-order valence-corrected chi connectivity index (χ0v) is 15.8. The lowest BCUT2D eigenvalue weighted by Gasteiger charge is -2.35. The van der Waals surface area contributed by atoms with Crippen LogP contribution in [0.3, 0.4) is 0 Å². The number of nitrogens with one attached hydrogen (secondary N) is 1. The van der Waals surface area contributed by atoms with E-state index >= 15 is 0 Å². The molecule has 140 valence electrons. The van der Waals surface area contributed by atoms with Crippen LogP contribution in [-0.2, 0) is 9.59 Å². The molecule has 0 aromatic heterocycles. The summed E-state index contributed by atoms with van der Waals surface area (Å²) in [6.07, 6.45) is 1.87. The van der Waals surface area contributed by atoms with Gasteiger partial charge in [-0.25, -0.2) is 0 Å². The molecule has 5 heteroatoms. The molecule has 5 nitrogen and oxygen atoms in total. The fourth-order valence-electron chi connectivity index (χ4n) is 3.13. The maximum absolute atomic E-state index is 12.4. The molecular weight excluding hydrogens is 338 g/mol. The molecule has 0 unspecified atom stereocenters. The predicted octanol–water partition coefficient (Wildman–Crippen LogP) is 3.40. The van der Waals surface area contributed by atoms with E-state index in [4.69, 9.17) is 0 Å². The van der Waals surface area contributed by atoms with Crippen molar-refractivity contribution in [2.45, 2.75) is 13.8 Å². The fourth-order valence-corrected chi connectivity index (χ4v) is 3.13. The SMILES string of the molecule is CC(=O)N1CCN(c2ccc(NC(=O)/C(C)=C/c3ccccc3)cc2)CC1. The molecule has 27 heavy (non-hydrogen) atoms. The minimum atomic E-state index is -0.110. The first-order valence-electron chi connectivity index (χ1n) is 9.18. The van der Waals surface area contributed by atoms with Crippen LogP contribution in [0.1, 0.15) is 19.4 Å². The van der Waals surface area contributed by atoms with E-state index < -0.39 is 0 Å². The van der Waals surface area contributed by atoms with Crippen molar-refractivity contribution < 1.29 is 9.59 Å². The Morgan fingerprint density at radius 2 is 1.52 bits per heavy atom. The molecule has 0 radical (unpaired) electrons. The highest BCUT2D eigenvalue weighted by atomic mass is 16.2. The summed E-state index contributed by atoms with van der Waals surface area (Å²) in [6.45, 7) is 6.57. The van der Waals surface area contributed by atoms with Crippen molar-refractivity contribution in [1.82, 2.24) is 4.90 Å². The number of anilines is 2. The first-order valence-corrected chi connectivity index (χ1v) is 9.18. The Labute approximate surface area is 160 Å². The van der Waals surface area contributed by atoms with E-state index in [0.29, 0.717) is 5.57 Å². The van der Waals surface area contributed by atoms with Crippen LogP contribution in [0.5, 0.6) is 0 Å². The normalized spacial score (nSPS) is 14.8. The monoisotopic (exact) mass is 363 g/mol. The molecule has 0 spiro atoms. The quantitative estimate of drug-likeness (QED) is 0.847. The average molecular weight is 363 g/mol. The number of carbonyl (C=O) groups excluding carboxylic acids is 2. The van der Waals surface area contributed by atoms with Gasteiger partial charge in [0.15, 0.2) is 0 Å². The van der Waals surface area contributed by atoms with Crippen molar-refractivity contribution in [3.05, 3.63) is 65.7 Å². The van der Waals surface area contributed by atoms with Gasteiger partial charge in [0, 0.05) is 50.1 Å². The second-order valence-corrected chi connectivity index (χ2v) is 6.73. The maximum atomic E-state index is 12.4. The molecule has 1 aliphatic rings. The maximum Gasteiger partial charge on any atom is 0.251 e. The summed E-state index contributed by atoms with van der Waals surface area (Å²) in [5.74, 6) is 0.0216. The van der Waals surface area contributed by atoms with Gasteiger partial charge < -0.3 is 15.1 Å². The minimum absolute atomic E-state index is 0.110. The first-order chi connectivity index (χ1) is 13.0. The number of nitrogens with zero attached hydrogens (tertiary/aromatic N) is 2. The predicted molar refractivity (Wildman–Crippen MR) is 110 cm³/mol. The van der Waals surface area contributed by atoms with E-state index in [-0.39, 0.29) is 11.8 Å². The molecule has 2 aromatic rings. The molecule has 1 aliphatic heterocycles. The average Bonchev–Trinajstić information content (AvgIpc) is 2.69. The molecule has 1 N–H and O–H groups in total. The van der Waals surface area contributed by atoms with Crippen molar-refractivity contribution >= 4 is 29.3 Å². The van der Waals surface area contributed by atoms with Gasteiger partial charge in [0.1, 0.15) is 0 Å². The third-order valence-corrected chi connectivity index (χ3v) is 4.76. The lowest BCUT2D eigenvalue weighted by molar-refractivity contribution is -0.129. The molecule has 0 bridgehead atoms. The van der Waals surface area contributed by atoms with Crippen molar-refractivity contribution in [3.8, 4) is 0 Å². The van der Waals surface area contributed by atoms with Gasteiger partial charge >= 0.3 is 0 Å². The fraction of sp³-hybridized carbons (Fsp3) is 0.273. The second-order valence-electron chi connectivity index (χ2n) is 6.73. The molecule has 1 heterocycles. The van der Waals surface area contributed by atoms with Crippen LogP contribution < -0.4 is 10.2 Å². The smallest absolute Gasteiger partial charge is 0.251 e. The van der Waals surface area contributed by atoms with Crippen molar-refractivity contribution in [2.24, 2.45) is 0 Å². The van der Waals surface area contributed by atoms with Crippen molar-refractivity contribution in [2.75, 3.05) is 36.4 Å². The zero-order valence-electron chi connectivity index (χ0n) is 15.8. The lowest BCUT2D eigenvalue weighted by Crippen LogP contribution is -2.48. The van der Waals surface area contributed by atoms with Crippen LogP contribution >= 0.6 is 0 Å². The van der Waals surface area contributed by atoms with Crippen LogP contribution in [0.25, 0.3) is 6.08 Å². The third kappa shape index (κ3) is 4.97. The Kier molecular flexibility index (Phi) is 5.91. The molecule has 2 aromatic carbocycles. The highest BCUT2D eigenvalue weighted by molar-refractivity contribution is 6.06. The van der Waals surface area contributed by atoms with E-state index in [0.717, 1.165) is 43.1 Å². The Balaban J connectivity index is 1.58. The van der Waals surface area contributed by atoms with E-state index in [2.05, 4.69) is 10.2 Å². The summed E-state index contributed by atoms with van der Waals surface area (Å²) in [6, 6.07) is 17.6. The topological polar surface area (TPSA) is 52.7 Å².